The Morgan fingerprint density at radius 3 is 2.43 bits per heavy atom. The van der Waals surface area contributed by atoms with Crippen molar-refractivity contribution >= 4 is 5.69 Å². The van der Waals surface area contributed by atoms with Crippen molar-refractivity contribution in [3.63, 3.8) is 0 Å². The van der Waals surface area contributed by atoms with Gasteiger partial charge in [0.25, 0.3) is 0 Å². The molecule has 0 unspecified atom stereocenters. The molecule has 6 heteroatoms. The van der Waals surface area contributed by atoms with Gasteiger partial charge in [-0.1, -0.05) is 36.4 Å². The van der Waals surface area contributed by atoms with Crippen LogP contribution in [-0.2, 0) is 6.61 Å². The monoisotopic (exact) mass is 320 g/mol. The average molecular weight is 320 g/mol. The Labute approximate surface area is 132 Å². The molecule has 0 radical (unpaired) electrons. The van der Waals surface area contributed by atoms with E-state index in [2.05, 4.69) is 0 Å². The predicted molar refractivity (Wildman–Crippen MR) is 81.6 cm³/mol. The van der Waals surface area contributed by atoms with Crippen LogP contribution in [0.2, 0.25) is 0 Å². The lowest BCUT2D eigenvalue weighted by Crippen LogP contribution is -2.36. The quantitative estimate of drug-likeness (QED) is 0.780. The highest BCUT2D eigenvalue weighted by atomic mass is 19.4. The molecule has 0 fully saturated rings. The van der Waals surface area contributed by atoms with Crippen LogP contribution in [0.1, 0.15) is 5.56 Å². The van der Waals surface area contributed by atoms with E-state index in [1.165, 1.54) is 11.1 Å². The molecule has 0 amide bonds. The molecular formula is C17H15F3N2O. The Hall–Kier alpha value is -2.63. The number of rotatable bonds is 4. The number of anilines is 1. The molecule has 1 aliphatic rings. The summed E-state index contributed by atoms with van der Waals surface area (Å²) in [7, 11) is 0. The van der Waals surface area contributed by atoms with E-state index in [4.69, 9.17) is 4.74 Å². The van der Waals surface area contributed by atoms with Crippen LogP contribution in [-0.4, -0.2) is 17.9 Å². The van der Waals surface area contributed by atoms with E-state index in [-0.39, 0.29) is 6.67 Å². The van der Waals surface area contributed by atoms with Gasteiger partial charge in [0, 0.05) is 24.2 Å². The Morgan fingerprint density at radius 2 is 1.74 bits per heavy atom. The predicted octanol–water partition coefficient (Wildman–Crippen LogP) is 4.34. The lowest BCUT2D eigenvalue weighted by Gasteiger charge is -2.23. The molecule has 3 nitrogen and oxygen atoms in total. The third-order valence-electron chi connectivity index (χ3n) is 3.45. The molecule has 3 rings (SSSR count). The van der Waals surface area contributed by atoms with Gasteiger partial charge in [0.05, 0.1) is 0 Å². The molecule has 23 heavy (non-hydrogen) atoms. The van der Waals surface area contributed by atoms with Gasteiger partial charge < -0.3 is 9.64 Å². The summed E-state index contributed by atoms with van der Waals surface area (Å²) in [5.41, 5.74) is 1.68. The zero-order valence-corrected chi connectivity index (χ0v) is 12.2. The number of hydrogen-bond acceptors (Lipinski definition) is 3. The first-order valence-electron chi connectivity index (χ1n) is 7.07. The van der Waals surface area contributed by atoms with Crippen LogP contribution in [0.3, 0.4) is 0 Å². The first kappa shape index (κ1) is 15.3. The van der Waals surface area contributed by atoms with E-state index in [1.54, 1.807) is 24.3 Å². The molecule has 0 aliphatic carbocycles. The van der Waals surface area contributed by atoms with E-state index in [0.29, 0.717) is 22.9 Å². The van der Waals surface area contributed by atoms with Crippen LogP contribution in [0.4, 0.5) is 18.9 Å². The van der Waals surface area contributed by atoms with Crippen LogP contribution in [0.15, 0.2) is 67.0 Å². The lowest BCUT2D eigenvalue weighted by atomic mass is 10.2. The van der Waals surface area contributed by atoms with Gasteiger partial charge in [0.1, 0.15) is 19.0 Å². The van der Waals surface area contributed by atoms with Gasteiger partial charge in [-0.15, -0.1) is 0 Å². The summed E-state index contributed by atoms with van der Waals surface area (Å²) in [6.45, 7) is 0.153. The van der Waals surface area contributed by atoms with Crippen molar-refractivity contribution in [3.8, 4) is 5.75 Å². The van der Waals surface area contributed by atoms with Crippen LogP contribution in [0.25, 0.3) is 0 Å². The van der Waals surface area contributed by atoms with Crippen molar-refractivity contribution in [2.45, 2.75) is 12.9 Å². The maximum Gasteiger partial charge on any atom is 0.485 e. The number of nitrogens with zero attached hydrogens (tertiary/aromatic N) is 2. The number of ether oxygens (including phenoxy) is 1. The van der Waals surface area contributed by atoms with Crippen molar-refractivity contribution in [3.05, 3.63) is 72.6 Å². The van der Waals surface area contributed by atoms with Gasteiger partial charge in [0.2, 0.25) is 0 Å². The number of halogens is 3. The number of benzene rings is 2. The molecule has 0 atom stereocenters. The van der Waals surface area contributed by atoms with Gasteiger partial charge in [-0.05, 0) is 17.7 Å². The van der Waals surface area contributed by atoms with Crippen LogP contribution in [0.5, 0.6) is 5.75 Å². The molecule has 2 aromatic rings. The second-order valence-corrected chi connectivity index (χ2v) is 5.12. The van der Waals surface area contributed by atoms with Crippen molar-refractivity contribution in [2.75, 3.05) is 11.6 Å². The molecule has 0 saturated carbocycles. The highest BCUT2D eigenvalue weighted by molar-refractivity contribution is 5.53. The molecule has 120 valence electrons. The summed E-state index contributed by atoms with van der Waals surface area (Å²) < 4.78 is 43.7. The minimum atomic E-state index is -4.37. The lowest BCUT2D eigenvalue weighted by molar-refractivity contribution is -0.224. The van der Waals surface area contributed by atoms with Crippen molar-refractivity contribution < 1.29 is 17.9 Å². The average Bonchev–Trinajstić information content (AvgIpc) is 3.05. The Morgan fingerprint density at radius 1 is 0.957 bits per heavy atom. The Kier molecular flexibility index (Phi) is 4.14. The summed E-state index contributed by atoms with van der Waals surface area (Å²) >= 11 is 0. The molecule has 0 aromatic heterocycles. The second-order valence-electron chi connectivity index (χ2n) is 5.12. The molecule has 0 N–H and O–H groups in total. The summed E-state index contributed by atoms with van der Waals surface area (Å²) in [6.07, 6.45) is -1.94. The highest BCUT2D eigenvalue weighted by Gasteiger charge is 2.38. The third kappa shape index (κ3) is 3.77. The summed E-state index contributed by atoms with van der Waals surface area (Å²) in [4.78, 5) is 1.84. The van der Waals surface area contributed by atoms with Crippen molar-refractivity contribution in [1.29, 1.82) is 0 Å². The molecule has 2 aromatic carbocycles. The van der Waals surface area contributed by atoms with E-state index < -0.39 is 6.30 Å². The minimum absolute atomic E-state index is 0.258. The molecule has 1 heterocycles. The van der Waals surface area contributed by atoms with Crippen molar-refractivity contribution in [1.82, 2.24) is 4.90 Å². The van der Waals surface area contributed by atoms with Gasteiger partial charge in [0.15, 0.2) is 0 Å². The van der Waals surface area contributed by atoms with Gasteiger partial charge in [-0.2, -0.15) is 13.2 Å². The van der Waals surface area contributed by atoms with Gasteiger partial charge >= 0.3 is 6.30 Å². The second kappa shape index (κ2) is 6.24. The normalized spacial score (nSPS) is 14.4. The fourth-order valence-corrected chi connectivity index (χ4v) is 2.24. The molecule has 0 saturated heterocycles. The first-order chi connectivity index (χ1) is 11.0. The first-order valence-corrected chi connectivity index (χ1v) is 7.07. The summed E-state index contributed by atoms with van der Waals surface area (Å²) in [5.74, 6) is 0.616. The van der Waals surface area contributed by atoms with E-state index in [1.807, 2.05) is 30.3 Å². The number of hydrogen-bond donors (Lipinski definition) is 0. The van der Waals surface area contributed by atoms with E-state index in [0.717, 1.165) is 11.8 Å². The molecule has 1 aliphatic heterocycles. The summed E-state index contributed by atoms with van der Waals surface area (Å²) in [6, 6.07) is 16.7. The van der Waals surface area contributed by atoms with Gasteiger partial charge in [-0.3, -0.25) is 4.90 Å². The zero-order valence-electron chi connectivity index (χ0n) is 12.2. The third-order valence-corrected chi connectivity index (χ3v) is 3.45. The largest absolute Gasteiger partial charge is 0.489 e. The van der Waals surface area contributed by atoms with Crippen LogP contribution >= 0.6 is 0 Å². The Balaban J connectivity index is 1.65. The van der Waals surface area contributed by atoms with Crippen LogP contribution in [0, 0.1) is 0 Å². The van der Waals surface area contributed by atoms with Crippen LogP contribution < -0.4 is 9.64 Å². The SMILES string of the molecule is FC(F)(F)N1C=CN(c2cccc(OCc3ccccc3)c2)C1. The molecule has 0 spiro atoms. The standard InChI is InChI=1S/C17H15F3N2O/c18-17(19,20)22-10-9-21(13-22)15-7-4-8-16(11-15)23-12-14-5-2-1-3-6-14/h1-11H,12-13H2. The smallest absolute Gasteiger partial charge is 0.485 e. The highest BCUT2D eigenvalue weighted by Crippen LogP contribution is 2.29. The molecular weight excluding hydrogens is 305 g/mol. The van der Waals surface area contributed by atoms with Crippen molar-refractivity contribution in [2.24, 2.45) is 0 Å². The topological polar surface area (TPSA) is 15.7 Å². The maximum atomic E-state index is 12.7. The van der Waals surface area contributed by atoms with E-state index >= 15 is 0 Å². The maximum absolute atomic E-state index is 12.7. The Bertz CT molecular complexity index is 686. The zero-order chi connectivity index (χ0) is 16.3. The number of alkyl halides is 3. The molecule has 0 bridgehead atoms. The fourth-order valence-electron chi connectivity index (χ4n) is 2.24. The van der Waals surface area contributed by atoms with Gasteiger partial charge in [-0.25, -0.2) is 0 Å². The summed E-state index contributed by atoms with van der Waals surface area (Å²) in [5, 5.41) is 0. The fraction of sp³-hybridized carbons (Fsp3) is 0.176. The minimum Gasteiger partial charge on any atom is -0.489 e. The van der Waals surface area contributed by atoms with E-state index in [9.17, 15) is 13.2 Å².